The Morgan fingerprint density at radius 1 is 0.846 bits per heavy atom. The summed E-state index contributed by atoms with van der Waals surface area (Å²) in [5, 5.41) is 7.45. The molecule has 0 fully saturated rings. The fourth-order valence-electron chi connectivity index (χ4n) is 0.596. The molecule has 0 atom stereocenters. The average Bonchev–Trinajstić information content (AvgIpc) is 1.97. The monoisotopic (exact) mass is 449 g/mol. The number of hydrogen-bond donors (Lipinski definition) is 3. The topological polar surface area (TPSA) is 50.1 Å². The minimum Gasteiger partial charge on any atom is -0.329 e. The Morgan fingerprint density at radius 3 is 1.69 bits per heavy atom. The van der Waals surface area contributed by atoms with Gasteiger partial charge in [0.1, 0.15) is 0 Å². The molecule has 0 unspecified atom stereocenters. The molecule has 0 saturated carbocycles. The summed E-state index contributed by atoms with van der Waals surface area (Å²) in [5.74, 6) is 0. The summed E-state index contributed by atoms with van der Waals surface area (Å²) in [7, 11) is 0. The molecule has 0 aromatic heterocycles. The Labute approximate surface area is 120 Å². The van der Waals surface area contributed by atoms with Crippen molar-refractivity contribution in [2.45, 2.75) is 0 Å². The van der Waals surface area contributed by atoms with Crippen LogP contribution in [0.15, 0.2) is 0 Å². The van der Waals surface area contributed by atoms with E-state index in [0.717, 1.165) is 38.1 Å². The molecule has 0 spiro atoms. The van der Waals surface area contributed by atoms with E-state index in [-0.39, 0.29) is 50.9 Å². The van der Waals surface area contributed by atoms with Crippen molar-refractivity contribution in [3.05, 3.63) is 0 Å². The Balaban J connectivity index is -0.000000135. The largest absolute Gasteiger partial charge is 0.329 e. The molecular formula is C6H19Br4N3. The summed E-state index contributed by atoms with van der Waals surface area (Å²) in [6, 6.07) is 0. The van der Waals surface area contributed by atoms with Crippen molar-refractivity contribution in [3.63, 3.8) is 0 Å². The number of nitrogens with one attached hydrogen (secondary N) is 2. The molecule has 0 aromatic rings. The summed E-state index contributed by atoms with van der Waals surface area (Å²) in [5.41, 5.74) is 5.28. The van der Waals surface area contributed by atoms with Gasteiger partial charge in [-0.15, -0.1) is 50.9 Å². The van der Waals surface area contributed by atoms with Crippen LogP contribution < -0.4 is 16.4 Å². The zero-order chi connectivity index (χ0) is 7.66. The van der Waals surface area contributed by atoms with E-state index in [2.05, 4.69) is 26.6 Å². The van der Waals surface area contributed by atoms with Gasteiger partial charge in [-0.3, -0.25) is 0 Å². The van der Waals surface area contributed by atoms with Crippen molar-refractivity contribution < 1.29 is 0 Å². The lowest BCUT2D eigenvalue weighted by Crippen LogP contribution is -2.31. The van der Waals surface area contributed by atoms with E-state index in [0.29, 0.717) is 0 Å². The van der Waals surface area contributed by atoms with Gasteiger partial charge in [-0.1, -0.05) is 15.9 Å². The summed E-state index contributed by atoms with van der Waals surface area (Å²) in [6.45, 7) is 4.69. The molecule has 4 N–H and O–H groups in total. The lowest BCUT2D eigenvalue weighted by molar-refractivity contribution is 0.631. The van der Waals surface area contributed by atoms with Crippen LogP contribution in [0.4, 0.5) is 0 Å². The second-order valence-corrected chi connectivity index (χ2v) is 2.77. The molecule has 3 nitrogen and oxygen atoms in total. The first-order chi connectivity index (χ1) is 4.91. The van der Waals surface area contributed by atoms with E-state index >= 15 is 0 Å². The van der Waals surface area contributed by atoms with Crippen molar-refractivity contribution in [1.29, 1.82) is 0 Å². The maximum atomic E-state index is 5.28. The predicted molar refractivity (Wildman–Crippen MR) is 79.6 cm³/mol. The highest BCUT2D eigenvalue weighted by Crippen LogP contribution is 1.72. The van der Waals surface area contributed by atoms with Gasteiger partial charge < -0.3 is 16.4 Å². The highest BCUT2D eigenvalue weighted by atomic mass is 79.9. The van der Waals surface area contributed by atoms with E-state index in [9.17, 15) is 0 Å². The minimum atomic E-state index is 0. The van der Waals surface area contributed by atoms with Crippen LogP contribution in [0.3, 0.4) is 0 Å². The van der Waals surface area contributed by atoms with Crippen molar-refractivity contribution in [3.8, 4) is 0 Å². The summed E-state index contributed by atoms with van der Waals surface area (Å²) >= 11 is 3.33. The first kappa shape index (κ1) is 24.2. The highest BCUT2D eigenvalue weighted by molar-refractivity contribution is 9.09. The smallest absolute Gasteiger partial charge is 0.0157 e. The van der Waals surface area contributed by atoms with Gasteiger partial charge in [-0.05, 0) is 0 Å². The van der Waals surface area contributed by atoms with Crippen LogP contribution in [0.5, 0.6) is 0 Å². The van der Waals surface area contributed by atoms with Gasteiger partial charge >= 0.3 is 0 Å². The molecule has 86 valence electrons. The first-order valence-corrected chi connectivity index (χ1v) is 4.71. The van der Waals surface area contributed by atoms with Crippen LogP contribution in [0.1, 0.15) is 0 Å². The average molecular weight is 453 g/mol. The molecule has 0 aliphatic heterocycles. The maximum Gasteiger partial charge on any atom is 0.0157 e. The molecule has 0 radical (unpaired) electrons. The number of hydrogen-bond acceptors (Lipinski definition) is 3. The third-order valence-corrected chi connectivity index (χ3v) is 1.47. The van der Waals surface area contributed by atoms with Crippen LogP contribution in [0.2, 0.25) is 0 Å². The molecule has 0 aliphatic carbocycles. The standard InChI is InChI=1S/C6H16BrN3.3BrH/c7-1-3-9-5-6-10-4-2-8;;;/h9-10H,1-6,8H2;3*1H. The first-order valence-electron chi connectivity index (χ1n) is 3.59. The molecule has 0 rings (SSSR count). The van der Waals surface area contributed by atoms with Gasteiger partial charge in [0, 0.05) is 38.1 Å². The fraction of sp³-hybridized carbons (Fsp3) is 1.00. The van der Waals surface area contributed by atoms with Crippen molar-refractivity contribution in [2.75, 3.05) is 38.1 Å². The molecule has 0 bridgehead atoms. The highest BCUT2D eigenvalue weighted by Gasteiger charge is 1.84. The van der Waals surface area contributed by atoms with Gasteiger partial charge in [0.05, 0.1) is 0 Å². The number of nitrogens with two attached hydrogens (primary N) is 1. The van der Waals surface area contributed by atoms with Gasteiger partial charge in [0.2, 0.25) is 0 Å². The zero-order valence-corrected chi connectivity index (χ0v) is 14.1. The summed E-state index contributed by atoms with van der Waals surface area (Å²) in [4.78, 5) is 0. The second kappa shape index (κ2) is 23.5. The Kier molecular flexibility index (Phi) is 43.8. The Hall–Kier alpha value is 1.80. The van der Waals surface area contributed by atoms with Crippen LogP contribution >= 0.6 is 66.9 Å². The normalized spacial score (nSPS) is 7.85. The molecule has 0 saturated heterocycles. The van der Waals surface area contributed by atoms with Gasteiger partial charge in [0.25, 0.3) is 0 Å². The minimum absolute atomic E-state index is 0. The molecule has 0 heterocycles. The molecule has 0 amide bonds. The van der Waals surface area contributed by atoms with Crippen molar-refractivity contribution >= 4 is 66.9 Å². The molecule has 13 heavy (non-hydrogen) atoms. The quantitative estimate of drug-likeness (QED) is 0.402. The van der Waals surface area contributed by atoms with Crippen LogP contribution in [-0.2, 0) is 0 Å². The molecule has 7 heteroatoms. The third-order valence-electron chi connectivity index (χ3n) is 1.07. The van der Waals surface area contributed by atoms with Crippen LogP contribution in [0.25, 0.3) is 0 Å². The predicted octanol–water partition coefficient (Wildman–Crippen LogP) is 1.25. The summed E-state index contributed by atoms with van der Waals surface area (Å²) < 4.78 is 0. The maximum absolute atomic E-state index is 5.28. The molecular weight excluding hydrogens is 434 g/mol. The van der Waals surface area contributed by atoms with Crippen molar-refractivity contribution in [1.82, 2.24) is 10.6 Å². The number of alkyl halides is 1. The fourth-order valence-corrected chi connectivity index (χ4v) is 0.876. The van der Waals surface area contributed by atoms with E-state index in [1.54, 1.807) is 0 Å². The second-order valence-electron chi connectivity index (χ2n) is 1.98. The third kappa shape index (κ3) is 24.8. The molecule has 0 aliphatic rings. The molecule has 0 aromatic carbocycles. The van der Waals surface area contributed by atoms with Crippen LogP contribution in [-0.4, -0.2) is 38.1 Å². The SMILES string of the molecule is Br.Br.Br.NCCNCCNCCBr. The number of halogens is 4. The van der Waals surface area contributed by atoms with E-state index < -0.39 is 0 Å². The van der Waals surface area contributed by atoms with E-state index in [4.69, 9.17) is 5.73 Å². The zero-order valence-electron chi connectivity index (χ0n) is 7.42. The lowest BCUT2D eigenvalue weighted by Gasteiger charge is -2.02. The summed E-state index contributed by atoms with van der Waals surface area (Å²) in [6.07, 6.45) is 0. The van der Waals surface area contributed by atoms with Gasteiger partial charge in [-0.25, -0.2) is 0 Å². The van der Waals surface area contributed by atoms with Gasteiger partial charge in [-0.2, -0.15) is 0 Å². The lowest BCUT2D eigenvalue weighted by atomic mass is 10.5. The van der Waals surface area contributed by atoms with E-state index in [1.165, 1.54) is 0 Å². The Bertz CT molecular complexity index is 59.8. The Morgan fingerprint density at radius 2 is 1.31 bits per heavy atom. The number of rotatable bonds is 7. The van der Waals surface area contributed by atoms with Gasteiger partial charge in [0.15, 0.2) is 0 Å². The van der Waals surface area contributed by atoms with Crippen molar-refractivity contribution in [2.24, 2.45) is 5.73 Å². The van der Waals surface area contributed by atoms with Crippen LogP contribution in [0, 0.1) is 0 Å². The van der Waals surface area contributed by atoms with E-state index in [1.807, 2.05) is 0 Å².